The van der Waals surface area contributed by atoms with Crippen molar-refractivity contribution < 1.29 is 4.79 Å². The molecule has 1 atom stereocenters. The van der Waals surface area contributed by atoms with Crippen LogP contribution < -0.4 is 5.32 Å². The first kappa shape index (κ1) is 16.7. The van der Waals surface area contributed by atoms with Gasteiger partial charge in [0.05, 0.1) is 6.04 Å². The first-order chi connectivity index (χ1) is 8.68. The Kier molecular flexibility index (Phi) is 5.61. The Bertz CT molecular complexity index is 295. The van der Waals surface area contributed by atoms with Crippen LogP contribution in [0, 0.1) is 16.7 Å². The van der Waals surface area contributed by atoms with Gasteiger partial charge in [0.2, 0.25) is 0 Å². The predicted molar refractivity (Wildman–Crippen MR) is 82.3 cm³/mol. The average Bonchev–Trinajstić information content (AvgIpc) is 2.80. The van der Waals surface area contributed by atoms with Crippen LogP contribution in [-0.2, 0) is 4.79 Å². The van der Waals surface area contributed by atoms with Crippen molar-refractivity contribution >= 4 is 5.78 Å². The number of nitrogens with one attached hydrogen (secondary N) is 1. The monoisotopic (exact) mass is 267 g/mol. The molecule has 2 heteroatoms. The third-order valence-corrected chi connectivity index (χ3v) is 4.70. The van der Waals surface area contributed by atoms with Gasteiger partial charge in [-0.3, -0.25) is 4.79 Å². The van der Waals surface area contributed by atoms with Crippen LogP contribution in [0.1, 0.15) is 73.6 Å². The second-order valence-electron chi connectivity index (χ2n) is 7.90. The molecule has 0 aromatic rings. The molecule has 0 saturated heterocycles. The minimum atomic E-state index is -0.251. The summed E-state index contributed by atoms with van der Waals surface area (Å²) in [5, 5.41) is 3.42. The van der Waals surface area contributed by atoms with Gasteiger partial charge >= 0.3 is 0 Å². The predicted octanol–water partition coefficient (Wildman–Crippen LogP) is 4.19. The maximum Gasteiger partial charge on any atom is 0.155 e. The van der Waals surface area contributed by atoms with Crippen molar-refractivity contribution in [1.29, 1.82) is 0 Å². The molecule has 0 heterocycles. The van der Waals surface area contributed by atoms with E-state index in [0.29, 0.717) is 5.78 Å². The summed E-state index contributed by atoms with van der Waals surface area (Å²) in [6, 6.07) is 0.0144. The van der Waals surface area contributed by atoms with Gasteiger partial charge in [-0.2, -0.15) is 0 Å². The van der Waals surface area contributed by atoms with Gasteiger partial charge < -0.3 is 5.32 Å². The molecule has 0 aromatic heterocycles. The fourth-order valence-electron chi connectivity index (χ4n) is 3.43. The second kappa shape index (κ2) is 6.39. The molecule has 0 radical (unpaired) electrons. The largest absolute Gasteiger partial charge is 0.308 e. The Hall–Kier alpha value is -0.370. The minimum Gasteiger partial charge on any atom is -0.308 e. The number of rotatable bonds is 6. The van der Waals surface area contributed by atoms with Crippen molar-refractivity contribution in [3.63, 3.8) is 0 Å². The van der Waals surface area contributed by atoms with E-state index in [1.165, 1.54) is 25.7 Å². The first-order valence-corrected chi connectivity index (χ1v) is 7.96. The fraction of sp³-hybridized carbons (Fsp3) is 0.941. The van der Waals surface area contributed by atoms with Gasteiger partial charge in [0.1, 0.15) is 0 Å². The maximum absolute atomic E-state index is 12.6. The molecule has 0 aromatic carbocycles. The lowest BCUT2D eigenvalue weighted by Crippen LogP contribution is -2.46. The Morgan fingerprint density at radius 2 is 1.68 bits per heavy atom. The SMILES string of the molecule is CCNC(CC(C)(C)C1CCCC1)C(=O)C(C)(C)C. The fourth-order valence-corrected chi connectivity index (χ4v) is 3.43. The van der Waals surface area contributed by atoms with Crippen LogP contribution >= 0.6 is 0 Å². The van der Waals surface area contributed by atoms with Crippen LogP contribution in [0.25, 0.3) is 0 Å². The van der Waals surface area contributed by atoms with Crippen molar-refractivity contribution in [2.24, 2.45) is 16.7 Å². The Balaban J connectivity index is 2.74. The Labute approximate surface area is 119 Å². The summed E-state index contributed by atoms with van der Waals surface area (Å²) >= 11 is 0. The van der Waals surface area contributed by atoms with Gasteiger partial charge in [-0.25, -0.2) is 0 Å². The average molecular weight is 267 g/mol. The van der Waals surface area contributed by atoms with Gasteiger partial charge in [-0.15, -0.1) is 0 Å². The lowest BCUT2D eigenvalue weighted by molar-refractivity contribution is -0.129. The van der Waals surface area contributed by atoms with Gasteiger partial charge in [0, 0.05) is 5.41 Å². The molecule has 1 unspecified atom stereocenters. The molecule has 1 saturated carbocycles. The van der Waals surface area contributed by atoms with E-state index >= 15 is 0 Å². The summed E-state index contributed by atoms with van der Waals surface area (Å²) in [7, 11) is 0. The summed E-state index contributed by atoms with van der Waals surface area (Å²) in [5.41, 5.74) is 0.0167. The smallest absolute Gasteiger partial charge is 0.155 e. The maximum atomic E-state index is 12.6. The zero-order valence-electron chi connectivity index (χ0n) is 13.8. The molecule has 0 spiro atoms. The Morgan fingerprint density at radius 1 is 1.16 bits per heavy atom. The number of hydrogen-bond acceptors (Lipinski definition) is 2. The molecule has 0 amide bonds. The molecule has 1 aliphatic rings. The van der Waals surface area contributed by atoms with Crippen molar-refractivity contribution in [2.75, 3.05) is 6.54 Å². The first-order valence-electron chi connectivity index (χ1n) is 7.96. The number of ketones is 1. The molecule has 1 aliphatic carbocycles. The van der Waals surface area contributed by atoms with Gasteiger partial charge in [-0.05, 0) is 37.1 Å². The lowest BCUT2D eigenvalue weighted by Gasteiger charge is -2.36. The van der Waals surface area contributed by atoms with Crippen molar-refractivity contribution in [3.05, 3.63) is 0 Å². The van der Waals surface area contributed by atoms with Crippen molar-refractivity contribution in [2.45, 2.75) is 79.7 Å². The van der Waals surface area contributed by atoms with E-state index in [0.717, 1.165) is 18.9 Å². The highest BCUT2D eigenvalue weighted by Crippen LogP contribution is 2.43. The van der Waals surface area contributed by atoms with Gasteiger partial charge in [0.15, 0.2) is 5.78 Å². The zero-order chi connectivity index (χ0) is 14.7. The quantitative estimate of drug-likeness (QED) is 0.782. The van der Waals surface area contributed by atoms with E-state index in [1.54, 1.807) is 0 Å². The van der Waals surface area contributed by atoms with E-state index < -0.39 is 0 Å². The van der Waals surface area contributed by atoms with E-state index in [-0.39, 0.29) is 16.9 Å². The molecule has 2 nitrogen and oxygen atoms in total. The molecular weight excluding hydrogens is 234 g/mol. The molecule has 19 heavy (non-hydrogen) atoms. The van der Waals surface area contributed by atoms with Crippen molar-refractivity contribution in [1.82, 2.24) is 5.32 Å². The molecule has 0 aliphatic heterocycles. The van der Waals surface area contributed by atoms with Crippen LogP contribution in [-0.4, -0.2) is 18.4 Å². The number of hydrogen-bond donors (Lipinski definition) is 1. The molecule has 1 rings (SSSR count). The number of likely N-dealkylation sites (N-methyl/N-ethyl adjacent to an activating group) is 1. The van der Waals surface area contributed by atoms with E-state index in [2.05, 4.69) is 26.1 Å². The molecule has 1 fully saturated rings. The van der Waals surface area contributed by atoms with E-state index in [4.69, 9.17) is 0 Å². The normalized spacial score (nSPS) is 19.7. The highest BCUT2D eigenvalue weighted by atomic mass is 16.1. The highest BCUT2D eigenvalue weighted by Gasteiger charge is 2.38. The molecule has 0 bridgehead atoms. The third-order valence-electron chi connectivity index (χ3n) is 4.70. The van der Waals surface area contributed by atoms with Crippen LogP contribution in [0.3, 0.4) is 0 Å². The second-order valence-corrected chi connectivity index (χ2v) is 7.90. The van der Waals surface area contributed by atoms with Gasteiger partial charge in [0.25, 0.3) is 0 Å². The molecular formula is C17H33NO. The number of Topliss-reactive ketones (excluding diaryl/α,β-unsaturated/α-hetero) is 1. The summed E-state index contributed by atoms with van der Waals surface area (Å²) in [6.07, 6.45) is 6.40. The lowest BCUT2D eigenvalue weighted by atomic mass is 9.71. The van der Waals surface area contributed by atoms with Gasteiger partial charge in [-0.1, -0.05) is 54.4 Å². The van der Waals surface area contributed by atoms with Crippen LogP contribution in [0.15, 0.2) is 0 Å². The number of carbonyl (C=O) groups is 1. The zero-order valence-corrected chi connectivity index (χ0v) is 13.8. The molecule has 1 N–H and O–H groups in total. The minimum absolute atomic E-state index is 0.0144. The summed E-state index contributed by atoms with van der Waals surface area (Å²) < 4.78 is 0. The molecule has 112 valence electrons. The number of carbonyl (C=O) groups excluding carboxylic acids is 1. The highest BCUT2D eigenvalue weighted by molar-refractivity contribution is 5.88. The van der Waals surface area contributed by atoms with Crippen molar-refractivity contribution in [3.8, 4) is 0 Å². The van der Waals surface area contributed by atoms with E-state index in [9.17, 15) is 4.79 Å². The van der Waals surface area contributed by atoms with Crippen LogP contribution in [0.4, 0.5) is 0 Å². The van der Waals surface area contributed by atoms with E-state index in [1.807, 2.05) is 20.8 Å². The topological polar surface area (TPSA) is 29.1 Å². The summed E-state index contributed by atoms with van der Waals surface area (Å²) in [4.78, 5) is 12.6. The Morgan fingerprint density at radius 3 is 2.11 bits per heavy atom. The standard InChI is InChI=1S/C17H33NO/c1-7-18-14(15(19)16(2,3)4)12-17(5,6)13-10-8-9-11-13/h13-14,18H,7-12H2,1-6H3. The third kappa shape index (κ3) is 4.59. The van der Waals surface area contributed by atoms with Crippen LogP contribution in [0.5, 0.6) is 0 Å². The summed E-state index contributed by atoms with van der Waals surface area (Å²) in [6.45, 7) is 13.7. The van der Waals surface area contributed by atoms with Crippen LogP contribution in [0.2, 0.25) is 0 Å². The summed E-state index contributed by atoms with van der Waals surface area (Å²) in [5.74, 6) is 1.15.